The molecule has 2 bridgehead atoms. The van der Waals surface area contributed by atoms with Crippen LogP contribution in [-0.2, 0) is 9.53 Å². The Balaban J connectivity index is 1.83. The number of carbonyl (C=O) groups is 1. The van der Waals surface area contributed by atoms with Gasteiger partial charge in [-0.05, 0) is 31.2 Å². The lowest BCUT2D eigenvalue weighted by Crippen LogP contribution is -2.58. The van der Waals surface area contributed by atoms with E-state index in [1.807, 2.05) is 36.4 Å². The van der Waals surface area contributed by atoms with Gasteiger partial charge in [0.2, 0.25) is 5.72 Å². The Hall–Kier alpha value is -3.13. The predicted octanol–water partition coefficient (Wildman–Crippen LogP) is 1.19. The highest BCUT2D eigenvalue weighted by atomic mass is 32.1. The van der Waals surface area contributed by atoms with E-state index in [0.717, 1.165) is 11.3 Å². The van der Waals surface area contributed by atoms with Gasteiger partial charge in [0, 0.05) is 17.5 Å². The summed E-state index contributed by atoms with van der Waals surface area (Å²) in [5.74, 6) is -0.590. The number of fused-ring (bicyclic) bond motifs is 6. The molecule has 0 aliphatic carbocycles. The van der Waals surface area contributed by atoms with Gasteiger partial charge < -0.3 is 14.5 Å². The number of hydrogen-bond acceptors (Lipinski definition) is 6. The fraction of sp³-hybridized carbons (Fsp3) is 0.250. The van der Waals surface area contributed by atoms with Gasteiger partial charge in [-0.15, -0.1) is 0 Å². The van der Waals surface area contributed by atoms with Crippen LogP contribution in [0.5, 0.6) is 5.75 Å². The highest BCUT2D eigenvalue weighted by Gasteiger charge is 2.55. The average Bonchev–Trinajstić information content (AvgIpc) is 3.28. The maximum Gasteiger partial charge on any atom is 0.317 e. The summed E-state index contributed by atoms with van der Waals surface area (Å²) in [6.07, 6.45) is 3.59. The summed E-state index contributed by atoms with van der Waals surface area (Å²) >= 11 is 1.29. The Morgan fingerprint density at radius 1 is 1.36 bits per heavy atom. The number of thiazole rings is 1. The predicted molar refractivity (Wildman–Crippen MR) is 103 cm³/mol. The zero-order chi connectivity index (χ0) is 19.5. The van der Waals surface area contributed by atoms with E-state index in [9.17, 15) is 9.59 Å². The van der Waals surface area contributed by atoms with Crippen LogP contribution >= 0.6 is 11.3 Å². The Kier molecular flexibility index (Phi) is 3.60. The molecule has 5 rings (SSSR count). The first-order chi connectivity index (χ1) is 13.5. The summed E-state index contributed by atoms with van der Waals surface area (Å²) in [5, 5.41) is 0. The molecule has 0 saturated carbocycles. The molecular formula is C20H17N3O4S. The van der Waals surface area contributed by atoms with Gasteiger partial charge in [0.15, 0.2) is 4.80 Å². The monoisotopic (exact) mass is 395 g/mol. The lowest BCUT2D eigenvalue weighted by Gasteiger charge is -2.44. The van der Waals surface area contributed by atoms with Crippen molar-refractivity contribution in [2.75, 3.05) is 7.11 Å². The number of para-hydroxylation sites is 1. The van der Waals surface area contributed by atoms with E-state index in [-0.39, 0.29) is 5.56 Å². The van der Waals surface area contributed by atoms with E-state index in [0.29, 0.717) is 15.1 Å². The topological polar surface area (TPSA) is 85.7 Å². The van der Waals surface area contributed by atoms with E-state index in [1.165, 1.54) is 18.4 Å². The second-order valence-electron chi connectivity index (χ2n) is 6.95. The van der Waals surface area contributed by atoms with Crippen LogP contribution in [0.25, 0.3) is 6.08 Å². The van der Waals surface area contributed by atoms with Gasteiger partial charge in [0.1, 0.15) is 11.7 Å². The lowest BCUT2D eigenvalue weighted by atomic mass is 9.81. The van der Waals surface area contributed by atoms with Gasteiger partial charge in [-0.25, -0.2) is 4.99 Å². The molecule has 3 atom stereocenters. The molecule has 2 aliphatic rings. The average molecular weight is 395 g/mol. The molecule has 0 radical (unpaired) electrons. The molecule has 0 unspecified atom stereocenters. The van der Waals surface area contributed by atoms with Gasteiger partial charge in [-0.2, -0.15) is 0 Å². The highest BCUT2D eigenvalue weighted by molar-refractivity contribution is 7.07. The molecule has 2 aliphatic heterocycles. The quantitative estimate of drug-likeness (QED) is 0.661. The molecule has 4 heterocycles. The number of H-pyrrole nitrogens is 1. The van der Waals surface area contributed by atoms with Crippen molar-refractivity contribution >= 4 is 23.4 Å². The van der Waals surface area contributed by atoms with Crippen molar-refractivity contribution in [3.05, 3.63) is 73.5 Å². The number of esters is 1. The number of rotatable bonds is 2. The number of benzene rings is 1. The minimum atomic E-state index is -1.15. The summed E-state index contributed by atoms with van der Waals surface area (Å²) < 4.78 is 13.3. The largest absolute Gasteiger partial charge is 0.469 e. The maximum atomic E-state index is 13.3. The maximum absolute atomic E-state index is 13.3. The third kappa shape index (κ3) is 2.31. The highest BCUT2D eigenvalue weighted by Crippen LogP contribution is 2.47. The number of carbonyl (C=O) groups excluding carboxylic acids is 1. The Morgan fingerprint density at radius 3 is 2.93 bits per heavy atom. The number of ether oxygens (including phenoxy) is 2. The van der Waals surface area contributed by atoms with Crippen molar-refractivity contribution in [3.63, 3.8) is 0 Å². The second kappa shape index (κ2) is 5.93. The second-order valence-corrected chi connectivity index (χ2v) is 7.95. The van der Waals surface area contributed by atoms with Gasteiger partial charge >= 0.3 is 5.97 Å². The standard InChI is InChI=1S/C20H17N3O4S/c1-20-15(18(25)26-2)16(12-7-3-4-8-13(12)27-20)23-17(24)14(28-19(23)22-20)10-11-6-5-9-21-11/h3-10,15-16,21H,1-2H3/b14-10-/t15-,16-,20-/m1/s1. The number of aromatic amines is 1. The van der Waals surface area contributed by atoms with Crippen LogP contribution in [0.4, 0.5) is 0 Å². The molecule has 1 N–H and O–H groups in total. The zero-order valence-electron chi connectivity index (χ0n) is 15.2. The van der Waals surface area contributed by atoms with Gasteiger partial charge in [0.25, 0.3) is 5.56 Å². The fourth-order valence-corrected chi connectivity index (χ4v) is 5.10. The molecule has 0 spiro atoms. The molecule has 1 aromatic carbocycles. The van der Waals surface area contributed by atoms with E-state index in [2.05, 4.69) is 9.98 Å². The first kappa shape index (κ1) is 17.0. The third-order valence-electron chi connectivity index (χ3n) is 5.24. The van der Waals surface area contributed by atoms with Crippen LogP contribution < -0.4 is 19.6 Å². The molecule has 8 heteroatoms. The first-order valence-electron chi connectivity index (χ1n) is 8.84. The van der Waals surface area contributed by atoms with Crippen LogP contribution in [0.3, 0.4) is 0 Å². The molecule has 7 nitrogen and oxygen atoms in total. The molecular weight excluding hydrogens is 378 g/mol. The number of hydrogen-bond donors (Lipinski definition) is 1. The lowest BCUT2D eigenvalue weighted by molar-refractivity contribution is -0.158. The van der Waals surface area contributed by atoms with Crippen molar-refractivity contribution < 1.29 is 14.3 Å². The first-order valence-corrected chi connectivity index (χ1v) is 9.65. The summed E-state index contributed by atoms with van der Waals surface area (Å²) in [5.41, 5.74) is 0.271. The molecule has 0 saturated heterocycles. The van der Waals surface area contributed by atoms with E-state index < -0.39 is 23.7 Å². The molecule has 28 heavy (non-hydrogen) atoms. The summed E-state index contributed by atoms with van der Waals surface area (Å²) in [4.78, 5) is 34.3. The van der Waals surface area contributed by atoms with Crippen molar-refractivity contribution in [2.45, 2.75) is 18.7 Å². The van der Waals surface area contributed by atoms with E-state index >= 15 is 0 Å². The van der Waals surface area contributed by atoms with Crippen molar-refractivity contribution in [1.29, 1.82) is 0 Å². The number of methoxy groups -OCH3 is 1. The van der Waals surface area contributed by atoms with Crippen LogP contribution in [-0.4, -0.2) is 28.4 Å². The summed E-state index contributed by atoms with van der Waals surface area (Å²) in [6.45, 7) is 1.76. The smallest absolute Gasteiger partial charge is 0.317 e. The molecule has 0 amide bonds. The van der Waals surface area contributed by atoms with Crippen LogP contribution in [0.2, 0.25) is 0 Å². The minimum Gasteiger partial charge on any atom is -0.469 e. The van der Waals surface area contributed by atoms with E-state index in [4.69, 9.17) is 9.47 Å². The number of nitrogens with zero attached hydrogens (tertiary/aromatic N) is 2. The molecule has 3 aromatic rings. The molecule has 142 valence electrons. The molecule has 2 aromatic heterocycles. The van der Waals surface area contributed by atoms with Gasteiger partial charge in [0.05, 0.1) is 17.7 Å². The van der Waals surface area contributed by atoms with Crippen molar-refractivity contribution in [3.8, 4) is 5.75 Å². The molecule has 0 fully saturated rings. The summed E-state index contributed by atoms with van der Waals surface area (Å²) in [6, 6.07) is 10.7. The van der Waals surface area contributed by atoms with Crippen LogP contribution in [0.15, 0.2) is 52.4 Å². The van der Waals surface area contributed by atoms with Gasteiger partial charge in [-0.1, -0.05) is 29.5 Å². The Bertz CT molecular complexity index is 1260. The van der Waals surface area contributed by atoms with Crippen molar-refractivity contribution in [1.82, 2.24) is 9.55 Å². The number of aromatic nitrogens is 2. The Labute approximate surface area is 163 Å². The van der Waals surface area contributed by atoms with E-state index in [1.54, 1.807) is 23.8 Å². The van der Waals surface area contributed by atoms with Gasteiger partial charge in [-0.3, -0.25) is 14.2 Å². The van der Waals surface area contributed by atoms with Crippen molar-refractivity contribution in [2.24, 2.45) is 10.9 Å². The van der Waals surface area contributed by atoms with Crippen LogP contribution in [0.1, 0.15) is 24.2 Å². The normalized spacial score (nSPS) is 25.3. The SMILES string of the molecule is COC(=O)[C@H]1[C@H]2c3ccccc3O[C@@]1(C)N=c1s/c(=C\c3ccc[nH]3)c(=O)n12. The third-order valence-corrected chi connectivity index (χ3v) is 6.23. The number of nitrogens with one attached hydrogen (secondary N) is 1. The van der Waals surface area contributed by atoms with Crippen LogP contribution in [0, 0.1) is 5.92 Å². The zero-order valence-corrected chi connectivity index (χ0v) is 16.0. The fourth-order valence-electron chi connectivity index (χ4n) is 4.01. The Morgan fingerprint density at radius 2 is 2.18 bits per heavy atom. The summed E-state index contributed by atoms with van der Waals surface area (Å²) in [7, 11) is 1.34. The minimum absolute atomic E-state index is 0.184.